The van der Waals surface area contributed by atoms with Gasteiger partial charge < -0.3 is 5.21 Å². The monoisotopic (exact) mass is 153 g/mol. The normalized spacial score (nSPS) is 18.0. The van der Waals surface area contributed by atoms with Crippen LogP contribution in [0.1, 0.15) is 32.1 Å². The minimum Gasteiger partial charge on any atom is -0.624 e. The Morgan fingerprint density at radius 1 is 1.36 bits per heavy atom. The van der Waals surface area contributed by atoms with Gasteiger partial charge in [-0.1, -0.05) is 13.0 Å². The van der Waals surface area contributed by atoms with Crippen molar-refractivity contribution in [3.05, 3.63) is 17.9 Å². The van der Waals surface area contributed by atoms with Crippen LogP contribution in [0.3, 0.4) is 0 Å². The maximum absolute atomic E-state index is 11.2. The van der Waals surface area contributed by atoms with Gasteiger partial charge in [-0.25, -0.2) is 4.74 Å². The van der Waals surface area contributed by atoms with E-state index in [0.29, 0.717) is 6.54 Å². The van der Waals surface area contributed by atoms with E-state index in [1.54, 1.807) is 6.08 Å². The summed E-state index contributed by atoms with van der Waals surface area (Å²) in [5.74, 6) is 0. The van der Waals surface area contributed by atoms with Crippen molar-refractivity contribution >= 4 is 5.71 Å². The van der Waals surface area contributed by atoms with Gasteiger partial charge in [-0.2, -0.15) is 0 Å². The second-order valence-corrected chi connectivity index (χ2v) is 2.98. The van der Waals surface area contributed by atoms with Crippen molar-refractivity contribution in [3.8, 4) is 0 Å². The maximum Gasteiger partial charge on any atom is 0.171 e. The highest BCUT2D eigenvalue weighted by Crippen LogP contribution is 2.14. The zero-order valence-corrected chi connectivity index (χ0v) is 6.88. The average molecular weight is 153 g/mol. The molecule has 0 saturated heterocycles. The summed E-state index contributed by atoms with van der Waals surface area (Å²) in [6, 6.07) is 0. The van der Waals surface area contributed by atoms with E-state index in [2.05, 4.69) is 6.58 Å². The van der Waals surface area contributed by atoms with Crippen molar-refractivity contribution in [1.82, 2.24) is 0 Å². The van der Waals surface area contributed by atoms with E-state index in [4.69, 9.17) is 0 Å². The van der Waals surface area contributed by atoms with Crippen LogP contribution >= 0.6 is 0 Å². The second-order valence-electron chi connectivity index (χ2n) is 2.98. The number of hydrogen-bond donors (Lipinski definition) is 0. The van der Waals surface area contributed by atoms with Gasteiger partial charge >= 0.3 is 0 Å². The first-order valence-corrected chi connectivity index (χ1v) is 4.25. The minimum absolute atomic E-state index is 0.454. The van der Waals surface area contributed by atoms with Gasteiger partial charge in [0, 0.05) is 12.8 Å². The largest absolute Gasteiger partial charge is 0.624 e. The summed E-state index contributed by atoms with van der Waals surface area (Å²) in [7, 11) is 0. The van der Waals surface area contributed by atoms with Crippen LogP contribution in [-0.2, 0) is 0 Å². The fourth-order valence-corrected chi connectivity index (χ4v) is 1.46. The van der Waals surface area contributed by atoms with Gasteiger partial charge in [-0.15, -0.1) is 0 Å². The van der Waals surface area contributed by atoms with Crippen LogP contribution in [0.5, 0.6) is 0 Å². The quantitative estimate of drug-likeness (QED) is 0.258. The molecule has 0 amide bonds. The molecule has 0 N–H and O–H groups in total. The molecule has 0 aliphatic heterocycles. The van der Waals surface area contributed by atoms with E-state index in [-0.39, 0.29) is 0 Å². The van der Waals surface area contributed by atoms with Crippen LogP contribution in [0, 0.1) is 5.21 Å². The lowest BCUT2D eigenvalue weighted by atomic mass is 9.98. The third kappa shape index (κ3) is 2.37. The molecule has 2 nitrogen and oxygen atoms in total. The number of hydroxylamine groups is 1. The topological polar surface area (TPSA) is 26.1 Å². The summed E-state index contributed by atoms with van der Waals surface area (Å²) in [6.07, 6.45) is 7.31. The Morgan fingerprint density at radius 2 is 2.00 bits per heavy atom. The first kappa shape index (κ1) is 8.31. The molecular weight excluding hydrogens is 138 g/mol. The molecule has 0 unspecified atom stereocenters. The van der Waals surface area contributed by atoms with E-state index in [0.717, 1.165) is 23.3 Å². The van der Waals surface area contributed by atoms with Crippen LogP contribution in [0.15, 0.2) is 12.7 Å². The minimum atomic E-state index is 0.454. The highest BCUT2D eigenvalue weighted by Gasteiger charge is 2.12. The summed E-state index contributed by atoms with van der Waals surface area (Å²) in [4.78, 5) is 0. The Balaban J connectivity index is 2.52. The van der Waals surface area contributed by atoms with Crippen LogP contribution in [0.2, 0.25) is 0 Å². The van der Waals surface area contributed by atoms with Crippen molar-refractivity contribution < 1.29 is 4.74 Å². The van der Waals surface area contributed by atoms with Gasteiger partial charge in [0.15, 0.2) is 12.3 Å². The lowest BCUT2D eigenvalue weighted by Gasteiger charge is -2.13. The summed E-state index contributed by atoms with van der Waals surface area (Å²) < 4.78 is 1.09. The summed E-state index contributed by atoms with van der Waals surface area (Å²) in [5, 5.41) is 11.2. The molecule has 1 aliphatic carbocycles. The molecule has 1 fully saturated rings. The average Bonchev–Trinajstić information content (AvgIpc) is 2.07. The molecule has 11 heavy (non-hydrogen) atoms. The van der Waals surface area contributed by atoms with Gasteiger partial charge in [-0.3, -0.25) is 0 Å². The summed E-state index contributed by atoms with van der Waals surface area (Å²) >= 11 is 0. The van der Waals surface area contributed by atoms with Crippen molar-refractivity contribution in [2.75, 3.05) is 6.54 Å². The molecule has 0 heterocycles. The molecule has 1 aliphatic rings. The lowest BCUT2D eigenvalue weighted by Crippen LogP contribution is -2.18. The van der Waals surface area contributed by atoms with Crippen LogP contribution in [0.4, 0.5) is 0 Å². The Labute approximate surface area is 67.8 Å². The molecule has 1 saturated carbocycles. The van der Waals surface area contributed by atoms with E-state index < -0.39 is 0 Å². The molecule has 0 spiro atoms. The van der Waals surface area contributed by atoms with Gasteiger partial charge in [0.1, 0.15) is 0 Å². The third-order valence-electron chi connectivity index (χ3n) is 2.08. The second kappa shape index (κ2) is 4.16. The van der Waals surface area contributed by atoms with Crippen molar-refractivity contribution in [3.63, 3.8) is 0 Å². The number of rotatable bonds is 2. The zero-order chi connectivity index (χ0) is 8.10. The molecule has 0 aromatic carbocycles. The predicted octanol–water partition coefficient (Wildman–Crippen LogP) is 2.09. The number of hydrogen-bond acceptors (Lipinski definition) is 1. The van der Waals surface area contributed by atoms with E-state index in [1.807, 2.05) is 0 Å². The Bertz CT molecular complexity index is 164. The highest BCUT2D eigenvalue weighted by atomic mass is 16.5. The van der Waals surface area contributed by atoms with Gasteiger partial charge in [-0.05, 0) is 18.9 Å². The first-order chi connectivity index (χ1) is 5.34. The van der Waals surface area contributed by atoms with Crippen molar-refractivity contribution in [2.45, 2.75) is 32.1 Å². The van der Waals surface area contributed by atoms with Crippen LogP contribution < -0.4 is 0 Å². The predicted molar refractivity (Wildman–Crippen MR) is 46.8 cm³/mol. The van der Waals surface area contributed by atoms with Crippen LogP contribution in [0.25, 0.3) is 0 Å². The fraction of sp³-hybridized carbons (Fsp3) is 0.667. The Kier molecular flexibility index (Phi) is 3.14. The number of nitrogens with zero attached hydrogens (tertiary/aromatic N) is 1. The van der Waals surface area contributed by atoms with Gasteiger partial charge in [0.25, 0.3) is 0 Å². The molecule has 0 bridgehead atoms. The standard InChI is InChI=1S/C9H15NO/c1-2-8-10(11)9-6-4-3-5-7-9/h2H,1,3-8H2. The smallest absolute Gasteiger partial charge is 0.171 e. The van der Waals surface area contributed by atoms with Crippen LogP contribution in [-0.4, -0.2) is 17.0 Å². The Hall–Kier alpha value is -0.790. The van der Waals surface area contributed by atoms with Crippen molar-refractivity contribution in [2.24, 2.45) is 0 Å². The van der Waals surface area contributed by atoms with E-state index in [9.17, 15) is 5.21 Å². The van der Waals surface area contributed by atoms with Gasteiger partial charge in [0.2, 0.25) is 0 Å². The fourth-order valence-electron chi connectivity index (χ4n) is 1.46. The molecule has 0 radical (unpaired) electrons. The van der Waals surface area contributed by atoms with Gasteiger partial charge in [0.05, 0.1) is 0 Å². The third-order valence-corrected chi connectivity index (χ3v) is 2.08. The molecular formula is C9H15NO. The molecule has 0 aromatic rings. The molecule has 0 aromatic heterocycles. The lowest BCUT2D eigenvalue weighted by molar-refractivity contribution is -0.448. The first-order valence-electron chi connectivity index (χ1n) is 4.25. The zero-order valence-electron chi connectivity index (χ0n) is 6.88. The molecule has 62 valence electrons. The molecule has 0 atom stereocenters. The highest BCUT2D eigenvalue weighted by molar-refractivity contribution is 5.80. The summed E-state index contributed by atoms with van der Waals surface area (Å²) in [6.45, 7) is 3.99. The van der Waals surface area contributed by atoms with Crippen molar-refractivity contribution in [1.29, 1.82) is 0 Å². The summed E-state index contributed by atoms with van der Waals surface area (Å²) in [5.41, 5.74) is 1.07. The van der Waals surface area contributed by atoms with E-state index >= 15 is 0 Å². The SMILES string of the molecule is C=CC[N+]([O-])=C1CCCCC1. The molecule has 1 rings (SSSR count). The maximum atomic E-state index is 11.2. The Morgan fingerprint density at radius 3 is 2.55 bits per heavy atom. The molecule has 2 heteroatoms. The van der Waals surface area contributed by atoms with E-state index in [1.165, 1.54) is 19.3 Å².